The van der Waals surface area contributed by atoms with Crippen LogP contribution in [0.15, 0.2) is 22.7 Å². The van der Waals surface area contributed by atoms with Crippen LogP contribution in [0.25, 0.3) is 0 Å². The maximum atomic E-state index is 9.19. The van der Waals surface area contributed by atoms with E-state index in [9.17, 15) is 5.26 Å². The lowest BCUT2D eigenvalue weighted by Gasteiger charge is -2.30. The van der Waals surface area contributed by atoms with Crippen molar-refractivity contribution in [2.45, 2.75) is 19.4 Å². The van der Waals surface area contributed by atoms with E-state index < -0.39 is 0 Å². The Morgan fingerprint density at radius 1 is 1.59 bits per heavy atom. The van der Waals surface area contributed by atoms with Crippen molar-refractivity contribution in [2.24, 2.45) is 0 Å². The monoisotopic (exact) mass is 293 g/mol. The first-order valence-electron chi connectivity index (χ1n) is 5.93. The maximum Gasteiger partial charge on any atom is 0.101 e. The summed E-state index contributed by atoms with van der Waals surface area (Å²) >= 11 is 3.48. The van der Waals surface area contributed by atoms with Gasteiger partial charge in [0.1, 0.15) is 6.07 Å². The number of benzene rings is 1. The van der Waals surface area contributed by atoms with Gasteiger partial charge in [-0.2, -0.15) is 5.26 Å². The number of hydrogen-bond acceptors (Lipinski definition) is 3. The van der Waals surface area contributed by atoms with Crippen molar-refractivity contribution in [3.8, 4) is 6.07 Å². The second-order valence-corrected chi connectivity index (χ2v) is 5.12. The second kappa shape index (κ2) is 5.52. The Labute approximate surface area is 111 Å². The lowest BCUT2D eigenvalue weighted by Crippen LogP contribution is -2.37. The van der Waals surface area contributed by atoms with Gasteiger partial charge in [-0.1, -0.05) is 15.9 Å². The van der Waals surface area contributed by atoms with E-state index in [1.54, 1.807) is 0 Å². The van der Waals surface area contributed by atoms with Gasteiger partial charge in [-0.3, -0.25) is 0 Å². The van der Waals surface area contributed by atoms with Gasteiger partial charge in [-0.05, 0) is 38.1 Å². The number of likely N-dealkylation sites (N-methyl/N-ethyl adjacent to an activating group) is 1. The van der Waals surface area contributed by atoms with Gasteiger partial charge >= 0.3 is 0 Å². The van der Waals surface area contributed by atoms with Crippen molar-refractivity contribution < 1.29 is 0 Å². The third-order valence-corrected chi connectivity index (χ3v) is 3.70. The molecule has 0 spiro atoms. The quantitative estimate of drug-likeness (QED) is 0.931. The number of nitriles is 1. The fourth-order valence-corrected chi connectivity index (χ4v) is 2.72. The molecule has 1 unspecified atom stereocenters. The molecule has 2 rings (SSSR count). The van der Waals surface area contributed by atoms with Gasteiger partial charge in [-0.15, -0.1) is 0 Å². The van der Waals surface area contributed by atoms with Crippen LogP contribution >= 0.6 is 15.9 Å². The van der Waals surface area contributed by atoms with E-state index in [0.29, 0.717) is 6.04 Å². The average molecular weight is 294 g/mol. The summed E-state index contributed by atoms with van der Waals surface area (Å²) in [5, 5.41) is 12.6. The van der Waals surface area contributed by atoms with Crippen LogP contribution in [0, 0.1) is 11.3 Å². The molecule has 0 saturated carbocycles. The zero-order valence-electron chi connectivity index (χ0n) is 9.91. The normalized spacial score (nSPS) is 19.0. The summed E-state index contributed by atoms with van der Waals surface area (Å²) in [6, 6.07) is 8.62. The maximum absolute atomic E-state index is 9.19. The highest BCUT2D eigenvalue weighted by Crippen LogP contribution is 2.27. The molecule has 1 aromatic carbocycles. The van der Waals surface area contributed by atoms with Crippen LogP contribution in [0.1, 0.15) is 18.9 Å². The lowest BCUT2D eigenvalue weighted by atomic mass is 10.1. The van der Waals surface area contributed by atoms with Crippen LogP contribution in [-0.2, 0) is 0 Å². The predicted molar refractivity (Wildman–Crippen MR) is 73.2 cm³/mol. The molecule has 90 valence electrons. The number of rotatable bonds is 3. The van der Waals surface area contributed by atoms with Gasteiger partial charge in [-0.25, -0.2) is 0 Å². The highest BCUT2D eigenvalue weighted by atomic mass is 79.9. The average Bonchev–Trinajstić information content (AvgIpc) is 2.84. The summed E-state index contributed by atoms with van der Waals surface area (Å²) in [7, 11) is 0. The van der Waals surface area contributed by atoms with Crippen LogP contribution in [-0.4, -0.2) is 25.7 Å². The molecule has 0 amide bonds. The number of nitrogens with zero attached hydrogens (tertiary/aromatic N) is 2. The summed E-state index contributed by atoms with van der Waals surface area (Å²) in [4.78, 5) is 2.32. The van der Waals surface area contributed by atoms with Gasteiger partial charge in [0, 0.05) is 23.6 Å². The molecular weight excluding hydrogens is 278 g/mol. The largest absolute Gasteiger partial charge is 0.366 e. The molecule has 0 aromatic heterocycles. The first-order chi connectivity index (χ1) is 8.26. The van der Waals surface area contributed by atoms with Crippen molar-refractivity contribution >= 4 is 21.6 Å². The highest BCUT2D eigenvalue weighted by molar-refractivity contribution is 9.10. The highest BCUT2D eigenvalue weighted by Gasteiger charge is 2.23. The molecule has 1 aliphatic heterocycles. The van der Waals surface area contributed by atoms with Crippen LogP contribution < -0.4 is 10.2 Å². The molecule has 0 aliphatic carbocycles. The second-order valence-electron chi connectivity index (χ2n) is 4.21. The van der Waals surface area contributed by atoms with E-state index in [4.69, 9.17) is 0 Å². The Morgan fingerprint density at radius 3 is 3.00 bits per heavy atom. The molecule has 1 aromatic rings. The Kier molecular flexibility index (Phi) is 4.03. The van der Waals surface area contributed by atoms with Crippen molar-refractivity contribution in [2.75, 3.05) is 24.5 Å². The number of halogens is 1. The lowest BCUT2D eigenvalue weighted by molar-refractivity contribution is 0.647. The molecule has 17 heavy (non-hydrogen) atoms. The predicted octanol–water partition coefficient (Wildman–Crippen LogP) is 2.51. The van der Waals surface area contributed by atoms with E-state index >= 15 is 0 Å². The molecule has 4 heteroatoms. The molecule has 1 aliphatic rings. The van der Waals surface area contributed by atoms with E-state index in [1.807, 2.05) is 18.2 Å². The first kappa shape index (κ1) is 12.4. The Bertz CT molecular complexity index is 433. The molecule has 0 bridgehead atoms. The van der Waals surface area contributed by atoms with Crippen molar-refractivity contribution in [3.05, 3.63) is 28.2 Å². The molecule has 1 fully saturated rings. The van der Waals surface area contributed by atoms with Crippen molar-refractivity contribution in [3.63, 3.8) is 0 Å². The van der Waals surface area contributed by atoms with Crippen LogP contribution in [0.4, 0.5) is 5.69 Å². The van der Waals surface area contributed by atoms with Crippen LogP contribution in [0.5, 0.6) is 0 Å². The molecule has 1 atom stereocenters. The smallest absolute Gasteiger partial charge is 0.101 e. The van der Waals surface area contributed by atoms with E-state index in [-0.39, 0.29) is 0 Å². The topological polar surface area (TPSA) is 39.1 Å². The number of nitrogens with one attached hydrogen (secondary N) is 1. The molecule has 3 nitrogen and oxygen atoms in total. The van der Waals surface area contributed by atoms with E-state index in [2.05, 4.69) is 39.1 Å². The Hall–Kier alpha value is -1.05. The summed E-state index contributed by atoms with van der Waals surface area (Å²) in [5.74, 6) is 0. The van der Waals surface area contributed by atoms with E-state index in [1.165, 1.54) is 0 Å². The minimum Gasteiger partial charge on any atom is -0.366 e. The first-order valence-corrected chi connectivity index (χ1v) is 6.72. The molecule has 1 N–H and O–H groups in total. The van der Waals surface area contributed by atoms with Crippen LogP contribution in [0.3, 0.4) is 0 Å². The standard InChI is InChI=1S/C13H16BrN3/c1-2-17(12-5-6-16-9-12)13-7-11(14)4-3-10(13)8-15/h3-4,7,12,16H,2,5-6,9H2,1H3. The zero-order valence-corrected chi connectivity index (χ0v) is 11.5. The van der Waals surface area contributed by atoms with Crippen molar-refractivity contribution in [1.29, 1.82) is 5.26 Å². The van der Waals surface area contributed by atoms with Gasteiger partial charge in [0.15, 0.2) is 0 Å². The van der Waals surface area contributed by atoms with Gasteiger partial charge < -0.3 is 10.2 Å². The number of hydrogen-bond donors (Lipinski definition) is 1. The third-order valence-electron chi connectivity index (χ3n) is 3.21. The molecular formula is C13H16BrN3. The fourth-order valence-electron chi connectivity index (χ4n) is 2.37. The fraction of sp³-hybridized carbons (Fsp3) is 0.462. The SMILES string of the molecule is CCN(c1cc(Br)ccc1C#N)C1CCNC1. The van der Waals surface area contributed by atoms with Crippen molar-refractivity contribution in [1.82, 2.24) is 5.32 Å². The Morgan fingerprint density at radius 2 is 2.41 bits per heavy atom. The summed E-state index contributed by atoms with van der Waals surface area (Å²) < 4.78 is 1.02. The molecule has 0 radical (unpaired) electrons. The summed E-state index contributed by atoms with van der Waals surface area (Å²) in [6.45, 7) is 5.14. The van der Waals surface area contributed by atoms with Gasteiger partial charge in [0.2, 0.25) is 0 Å². The molecule has 1 heterocycles. The summed E-state index contributed by atoms with van der Waals surface area (Å²) in [6.07, 6.45) is 1.14. The minimum absolute atomic E-state index is 0.501. The van der Waals surface area contributed by atoms with Gasteiger partial charge in [0.05, 0.1) is 11.3 Å². The van der Waals surface area contributed by atoms with E-state index in [0.717, 1.165) is 41.8 Å². The number of anilines is 1. The molecule has 1 saturated heterocycles. The zero-order chi connectivity index (χ0) is 12.3. The van der Waals surface area contributed by atoms with Crippen LogP contribution in [0.2, 0.25) is 0 Å². The van der Waals surface area contributed by atoms with Gasteiger partial charge in [0.25, 0.3) is 0 Å². The summed E-state index contributed by atoms with van der Waals surface area (Å²) in [5.41, 5.74) is 1.79. The minimum atomic E-state index is 0.501. The Balaban J connectivity index is 2.35. The third kappa shape index (κ3) is 2.62.